The highest BCUT2D eigenvalue weighted by atomic mass is 32.1. The lowest BCUT2D eigenvalue weighted by molar-refractivity contribution is -0.377. The van der Waals surface area contributed by atoms with E-state index < -0.39 is 73.7 Å². The van der Waals surface area contributed by atoms with Gasteiger partial charge in [0, 0.05) is 30.3 Å². The van der Waals surface area contributed by atoms with E-state index in [1.165, 1.54) is 18.7 Å². The normalized spacial score (nSPS) is 17.1. The average molecular weight is 590 g/mol. The number of carbonyl (C=O) groups excluding carboxylic acids is 2. The zero-order chi connectivity index (χ0) is 29.7. The van der Waals surface area contributed by atoms with Crippen molar-refractivity contribution in [2.24, 2.45) is 0 Å². The van der Waals surface area contributed by atoms with Gasteiger partial charge in [0.2, 0.25) is 0 Å². The molecule has 2 heterocycles. The van der Waals surface area contributed by atoms with Crippen molar-refractivity contribution < 1.29 is 54.9 Å². The maximum atomic E-state index is 15.2. The van der Waals surface area contributed by atoms with Gasteiger partial charge in [-0.3, -0.25) is 9.59 Å². The molecule has 0 bridgehead atoms. The van der Waals surface area contributed by atoms with E-state index in [-0.39, 0.29) is 25.2 Å². The fourth-order valence-corrected chi connectivity index (χ4v) is 4.95. The topological polar surface area (TPSA) is 103 Å². The number of alkyl halides is 6. The van der Waals surface area contributed by atoms with E-state index in [1.54, 1.807) is 6.92 Å². The van der Waals surface area contributed by atoms with Crippen LogP contribution in [0.4, 0.5) is 35.1 Å². The molecule has 216 valence electrons. The maximum Gasteiger partial charge on any atom is 0.430 e. The standard InChI is InChI=1S/C23H23F8N3O4S/c1-10-5-4-8-34(10)19(36)15-16(39-18(33-15)17(35)32-9-20(2,3)37)11-6-7-12(14(25)13(11)24)21(38,22(26,27)28)23(29,30)31/h6-7,10,37-38H,4-5,8-9H2,1-3H3,(H,32,35). The summed E-state index contributed by atoms with van der Waals surface area (Å²) in [5, 5.41) is 21.2. The van der Waals surface area contributed by atoms with Crippen molar-refractivity contribution in [3.05, 3.63) is 40.0 Å². The fourth-order valence-electron chi connectivity index (χ4n) is 3.96. The minimum absolute atomic E-state index is 0.0881. The third-order valence-corrected chi connectivity index (χ3v) is 7.14. The van der Waals surface area contributed by atoms with Crippen LogP contribution in [0.1, 0.15) is 59.5 Å². The molecule has 1 fully saturated rings. The van der Waals surface area contributed by atoms with Gasteiger partial charge in [0.1, 0.15) is 5.69 Å². The quantitative estimate of drug-likeness (QED) is 0.430. The Morgan fingerprint density at radius 3 is 2.15 bits per heavy atom. The van der Waals surface area contributed by atoms with Crippen molar-refractivity contribution >= 4 is 23.2 Å². The van der Waals surface area contributed by atoms with Crippen LogP contribution >= 0.6 is 11.3 Å². The Hall–Kier alpha value is -2.85. The maximum absolute atomic E-state index is 15.2. The van der Waals surface area contributed by atoms with Crippen molar-refractivity contribution in [3.8, 4) is 10.4 Å². The van der Waals surface area contributed by atoms with E-state index in [0.717, 1.165) is 0 Å². The first-order chi connectivity index (χ1) is 17.7. The summed E-state index contributed by atoms with van der Waals surface area (Å²) in [5.41, 5.74) is -11.1. The second-order valence-corrected chi connectivity index (χ2v) is 10.7. The average Bonchev–Trinajstić information content (AvgIpc) is 3.43. The van der Waals surface area contributed by atoms with Gasteiger partial charge < -0.3 is 20.4 Å². The SMILES string of the molecule is CC1CCCN1C(=O)c1nc(C(=O)NCC(C)(C)O)sc1-c1ccc(C(O)(C(F)(F)F)C(F)(F)F)c(F)c1F. The molecule has 0 saturated carbocycles. The summed E-state index contributed by atoms with van der Waals surface area (Å²) in [5.74, 6) is -6.63. The van der Waals surface area contributed by atoms with Crippen LogP contribution in [0.15, 0.2) is 12.1 Å². The number of nitrogens with zero attached hydrogens (tertiary/aromatic N) is 2. The second kappa shape index (κ2) is 10.3. The molecule has 1 aromatic heterocycles. The van der Waals surface area contributed by atoms with Gasteiger partial charge >= 0.3 is 12.4 Å². The van der Waals surface area contributed by atoms with Crippen molar-refractivity contribution in [1.29, 1.82) is 0 Å². The smallest absolute Gasteiger partial charge is 0.389 e. The highest BCUT2D eigenvalue weighted by molar-refractivity contribution is 7.17. The number of aromatic nitrogens is 1. The predicted molar refractivity (Wildman–Crippen MR) is 122 cm³/mol. The molecule has 1 atom stereocenters. The molecule has 2 amide bonds. The molecular formula is C23H23F8N3O4S. The van der Waals surface area contributed by atoms with Gasteiger partial charge in [-0.05, 0) is 39.7 Å². The highest BCUT2D eigenvalue weighted by Gasteiger charge is 2.72. The zero-order valence-corrected chi connectivity index (χ0v) is 21.4. The van der Waals surface area contributed by atoms with E-state index >= 15 is 4.39 Å². The lowest BCUT2D eigenvalue weighted by atomic mass is 9.90. The van der Waals surface area contributed by atoms with Gasteiger partial charge in [-0.25, -0.2) is 13.8 Å². The lowest BCUT2D eigenvalue weighted by Crippen LogP contribution is -2.54. The van der Waals surface area contributed by atoms with Crippen LogP contribution in [0.5, 0.6) is 0 Å². The Bertz CT molecular complexity index is 1260. The molecule has 1 aliphatic rings. The van der Waals surface area contributed by atoms with Gasteiger partial charge in [0.25, 0.3) is 17.4 Å². The summed E-state index contributed by atoms with van der Waals surface area (Å²) in [6.45, 7) is 4.40. The van der Waals surface area contributed by atoms with E-state index in [0.29, 0.717) is 30.2 Å². The number of hydrogen-bond acceptors (Lipinski definition) is 6. The minimum Gasteiger partial charge on any atom is -0.389 e. The molecule has 1 aromatic carbocycles. The number of likely N-dealkylation sites (tertiary alicyclic amines) is 1. The van der Waals surface area contributed by atoms with Crippen molar-refractivity contribution in [2.45, 2.75) is 63.2 Å². The Morgan fingerprint density at radius 2 is 1.67 bits per heavy atom. The minimum atomic E-state index is -6.47. The summed E-state index contributed by atoms with van der Waals surface area (Å²) in [4.78, 5) is 30.6. The van der Waals surface area contributed by atoms with E-state index in [9.17, 15) is 50.5 Å². The Kier molecular flexibility index (Phi) is 8.09. The third kappa shape index (κ3) is 5.72. The summed E-state index contributed by atoms with van der Waals surface area (Å²) < 4.78 is 110. The summed E-state index contributed by atoms with van der Waals surface area (Å²) in [7, 11) is 0. The van der Waals surface area contributed by atoms with Gasteiger partial charge in [0.05, 0.1) is 10.5 Å². The number of rotatable bonds is 6. The first-order valence-electron chi connectivity index (χ1n) is 11.4. The van der Waals surface area contributed by atoms with Crippen LogP contribution in [0.2, 0.25) is 0 Å². The summed E-state index contributed by atoms with van der Waals surface area (Å²) in [6.07, 6.45) is -11.8. The third-order valence-electron chi connectivity index (χ3n) is 6.06. The molecule has 3 rings (SSSR count). The van der Waals surface area contributed by atoms with Gasteiger partial charge in [-0.2, -0.15) is 26.3 Å². The van der Waals surface area contributed by atoms with Crippen molar-refractivity contribution in [1.82, 2.24) is 15.2 Å². The Morgan fingerprint density at radius 1 is 1.08 bits per heavy atom. The number of benzene rings is 1. The van der Waals surface area contributed by atoms with Crippen LogP contribution in [0, 0.1) is 11.6 Å². The predicted octanol–water partition coefficient (Wildman–Crippen LogP) is 4.53. The van der Waals surface area contributed by atoms with Crippen molar-refractivity contribution in [2.75, 3.05) is 13.1 Å². The largest absolute Gasteiger partial charge is 0.430 e. The fraction of sp³-hybridized carbons (Fsp3) is 0.522. The van der Waals surface area contributed by atoms with Crippen LogP contribution in [0.25, 0.3) is 10.4 Å². The Labute approximate surface area is 220 Å². The molecule has 16 heteroatoms. The summed E-state index contributed by atoms with van der Waals surface area (Å²) >= 11 is 0.341. The molecule has 1 aliphatic heterocycles. The molecule has 3 N–H and O–H groups in total. The highest BCUT2D eigenvalue weighted by Crippen LogP contribution is 2.51. The van der Waals surface area contributed by atoms with Crippen LogP contribution in [-0.4, -0.2) is 69.0 Å². The number of halogens is 8. The van der Waals surface area contributed by atoms with Gasteiger partial charge in [-0.1, -0.05) is 6.07 Å². The molecule has 0 radical (unpaired) electrons. The molecule has 2 aromatic rings. The molecule has 39 heavy (non-hydrogen) atoms. The number of amides is 2. The first-order valence-corrected chi connectivity index (χ1v) is 12.2. The monoisotopic (exact) mass is 589 g/mol. The molecule has 0 spiro atoms. The van der Waals surface area contributed by atoms with Gasteiger partial charge in [-0.15, -0.1) is 11.3 Å². The number of carbonyl (C=O) groups is 2. The lowest BCUT2D eigenvalue weighted by Gasteiger charge is -2.33. The number of nitrogens with one attached hydrogen (secondary N) is 1. The molecule has 1 saturated heterocycles. The summed E-state index contributed by atoms with van der Waals surface area (Å²) in [6, 6.07) is -0.0567. The number of aliphatic hydroxyl groups is 2. The van der Waals surface area contributed by atoms with Gasteiger partial charge in [0.15, 0.2) is 16.6 Å². The number of hydrogen-bond donors (Lipinski definition) is 3. The molecule has 0 aliphatic carbocycles. The van der Waals surface area contributed by atoms with E-state index in [4.69, 9.17) is 0 Å². The number of thiazole rings is 1. The Balaban J connectivity index is 2.19. The molecule has 7 nitrogen and oxygen atoms in total. The molecular weight excluding hydrogens is 566 g/mol. The van der Waals surface area contributed by atoms with Crippen LogP contribution in [-0.2, 0) is 5.60 Å². The zero-order valence-electron chi connectivity index (χ0n) is 20.6. The van der Waals surface area contributed by atoms with Crippen LogP contribution < -0.4 is 5.32 Å². The van der Waals surface area contributed by atoms with E-state index in [2.05, 4.69) is 10.3 Å². The van der Waals surface area contributed by atoms with Crippen molar-refractivity contribution in [3.63, 3.8) is 0 Å². The first kappa shape index (κ1) is 30.7. The molecule has 1 unspecified atom stereocenters. The van der Waals surface area contributed by atoms with Crippen LogP contribution in [0.3, 0.4) is 0 Å². The van der Waals surface area contributed by atoms with E-state index in [1.807, 2.05) is 0 Å². The second-order valence-electron chi connectivity index (χ2n) is 9.68.